The van der Waals surface area contributed by atoms with Crippen molar-refractivity contribution in [2.24, 2.45) is 0 Å². The van der Waals surface area contributed by atoms with Crippen LogP contribution in [0.25, 0.3) is 90.4 Å². The first-order chi connectivity index (χ1) is 22.3. The molecule has 4 heteroatoms. The summed E-state index contributed by atoms with van der Waals surface area (Å²) < 4.78 is 7.58. The van der Waals surface area contributed by atoms with Crippen molar-refractivity contribution >= 4 is 84.8 Å². The first-order valence-electron chi connectivity index (χ1n) is 15.1. The molecule has 0 fully saturated rings. The molecule has 0 aliphatic heterocycles. The maximum atomic E-state index is 5.49. The van der Waals surface area contributed by atoms with Gasteiger partial charge in [-0.2, -0.15) is 0 Å². The van der Waals surface area contributed by atoms with Gasteiger partial charge in [-0.1, -0.05) is 103 Å². The minimum Gasteiger partial charge on any atom is -0.294 e. The van der Waals surface area contributed by atoms with Gasteiger partial charge in [-0.25, -0.2) is 4.98 Å². The lowest BCUT2D eigenvalue weighted by Gasteiger charge is -2.13. The van der Waals surface area contributed by atoms with E-state index in [4.69, 9.17) is 4.98 Å². The van der Waals surface area contributed by atoms with Gasteiger partial charge in [-0.15, -0.1) is 22.7 Å². The Morgan fingerprint density at radius 3 is 1.96 bits per heavy atom. The Bertz CT molecular complexity index is 2760. The van der Waals surface area contributed by atoms with Gasteiger partial charge in [-0.05, 0) is 53.6 Å². The van der Waals surface area contributed by atoms with Gasteiger partial charge in [0.2, 0.25) is 0 Å². The molecule has 10 rings (SSSR count). The molecule has 0 amide bonds. The van der Waals surface area contributed by atoms with E-state index in [1.165, 1.54) is 67.8 Å². The van der Waals surface area contributed by atoms with Crippen molar-refractivity contribution in [2.75, 3.05) is 0 Å². The summed E-state index contributed by atoms with van der Waals surface area (Å²) in [6, 6.07) is 52.8. The smallest absolute Gasteiger partial charge is 0.138 e. The van der Waals surface area contributed by atoms with Gasteiger partial charge in [0, 0.05) is 56.7 Å². The number of hydrogen-bond donors (Lipinski definition) is 0. The summed E-state index contributed by atoms with van der Waals surface area (Å²) in [4.78, 5) is 5.49. The quantitative estimate of drug-likeness (QED) is 0.195. The Morgan fingerprint density at radius 2 is 1.11 bits per heavy atom. The Morgan fingerprint density at radius 1 is 0.422 bits per heavy atom. The highest BCUT2D eigenvalue weighted by atomic mass is 32.1. The minimum absolute atomic E-state index is 0.926. The lowest BCUT2D eigenvalue weighted by Crippen LogP contribution is -2.00. The van der Waals surface area contributed by atoms with E-state index in [2.05, 4.69) is 150 Å². The zero-order valence-electron chi connectivity index (χ0n) is 24.1. The molecule has 0 N–H and O–H groups in total. The number of nitrogens with zero attached hydrogens (tertiary/aromatic N) is 2. The second-order valence-electron chi connectivity index (χ2n) is 11.6. The highest BCUT2D eigenvalue weighted by Crippen LogP contribution is 2.43. The van der Waals surface area contributed by atoms with Crippen LogP contribution in [-0.2, 0) is 0 Å². The SMILES string of the molecule is c1ccc(-c2cc(-c3cccc4c3sc3ccccc34)nc(-n3c4ccccc4c4cc5sc6ccccc6c5cc43)c2)cc1. The van der Waals surface area contributed by atoms with E-state index >= 15 is 0 Å². The van der Waals surface area contributed by atoms with E-state index in [0.29, 0.717) is 0 Å². The number of aromatic nitrogens is 2. The fraction of sp³-hybridized carbons (Fsp3) is 0. The molecule has 0 aliphatic carbocycles. The number of para-hydroxylation sites is 1. The molecule has 210 valence electrons. The maximum Gasteiger partial charge on any atom is 0.138 e. The predicted molar refractivity (Wildman–Crippen MR) is 195 cm³/mol. The number of hydrogen-bond acceptors (Lipinski definition) is 3. The summed E-state index contributed by atoms with van der Waals surface area (Å²) in [7, 11) is 0. The molecule has 0 saturated heterocycles. The van der Waals surface area contributed by atoms with Crippen LogP contribution in [0.4, 0.5) is 0 Å². The first kappa shape index (κ1) is 25.1. The third-order valence-corrected chi connectivity index (χ3v) is 11.4. The molecule has 6 aromatic carbocycles. The number of pyridine rings is 1. The van der Waals surface area contributed by atoms with Crippen LogP contribution in [0.5, 0.6) is 0 Å². The number of thiophene rings is 2. The van der Waals surface area contributed by atoms with Crippen LogP contribution >= 0.6 is 22.7 Å². The average Bonchev–Trinajstić information content (AvgIpc) is 3.76. The highest BCUT2D eigenvalue weighted by molar-refractivity contribution is 7.26. The molecule has 0 spiro atoms. The molecule has 45 heavy (non-hydrogen) atoms. The normalized spacial score (nSPS) is 12.0. The molecule has 0 bridgehead atoms. The van der Waals surface area contributed by atoms with Crippen molar-refractivity contribution in [3.63, 3.8) is 0 Å². The van der Waals surface area contributed by atoms with Gasteiger partial charge in [0.05, 0.1) is 16.7 Å². The van der Waals surface area contributed by atoms with Crippen molar-refractivity contribution < 1.29 is 0 Å². The van der Waals surface area contributed by atoms with E-state index in [9.17, 15) is 0 Å². The van der Waals surface area contributed by atoms with E-state index in [0.717, 1.165) is 22.6 Å². The summed E-state index contributed by atoms with van der Waals surface area (Å²) in [6.07, 6.45) is 0. The second kappa shape index (κ2) is 9.60. The van der Waals surface area contributed by atoms with Crippen LogP contribution in [0.3, 0.4) is 0 Å². The van der Waals surface area contributed by atoms with E-state index < -0.39 is 0 Å². The Labute approximate surface area is 267 Å². The lowest BCUT2D eigenvalue weighted by atomic mass is 10.0. The molecule has 0 aliphatic rings. The van der Waals surface area contributed by atoms with Crippen LogP contribution < -0.4 is 0 Å². The van der Waals surface area contributed by atoms with E-state index in [1.807, 2.05) is 22.7 Å². The Balaban J connectivity index is 1.31. The van der Waals surface area contributed by atoms with Crippen LogP contribution in [0.15, 0.2) is 146 Å². The van der Waals surface area contributed by atoms with Gasteiger partial charge in [-0.3, -0.25) is 4.57 Å². The molecule has 4 heterocycles. The predicted octanol–water partition coefficient (Wildman–Crippen LogP) is 12.2. The zero-order chi connectivity index (χ0) is 29.5. The van der Waals surface area contributed by atoms with Crippen molar-refractivity contribution in [3.05, 3.63) is 146 Å². The molecule has 0 saturated carbocycles. The maximum absolute atomic E-state index is 5.49. The zero-order valence-corrected chi connectivity index (χ0v) is 25.7. The topological polar surface area (TPSA) is 17.8 Å². The molecule has 0 unspecified atom stereocenters. The summed E-state index contributed by atoms with van der Waals surface area (Å²) >= 11 is 3.72. The summed E-state index contributed by atoms with van der Waals surface area (Å²) in [6.45, 7) is 0. The van der Waals surface area contributed by atoms with Gasteiger partial charge in [0.1, 0.15) is 5.82 Å². The summed E-state index contributed by atoms with van der Waals surface area (Å²) in [5, 5.41) is 7.68. The standard InChI is InChI=1S/C41H24N2S2/c1-2-11-25(12-3-1)26-21-34(31-17-10-16-30-28-14-5-9-20-38(28)45-41(30)31)42-40(22-26)43-35-18-7-4-13-27(35)32-24-39-33(23-36(32)43)29-15-6-8-19-37(29)44-39/h1-24H. The van der Waals surface area contributed by atoms with Crippen LogP contribution in [0, 0.1) is 0 Å². The Hall–Kier alpha value is -5.29. The third-order valence-electron chi connectivity index (χ3n) is 9.00. The molecule has 2 nitrogen and oxygen atoms in total. The van der Waals surface area contributed by atoms with Gasteiger partial charge in [0.25, 0.3) is 0 Å². The molecule has 10 aromatic rings. The van der Waals surface area contributed by atoms with Crippen molar-refractivity contribution in [3.8, 4) is 28.2 Å². The molecule has 0 radical (unpaired) electrons. The monoisotopic (exact) mass is 608 g/mol. The fourth-order valence-corrected chi connectivity index (χ4v) is 9.30. The fourth-order valence-electron chi connectivity index (χ4n) is 6.95. The Kier molecular flexibility index (Phi) is 5.35. The van der Waals surface area contributed by atoms with Crippen molar-refractivity contribution in [2.45, 2.75) is 0 Å². The second-order valence-corrected chi connectivity index (χ2v) is 13.7. The largest absolute Gasteiger partial charge is 0.294 e. The first-order valence-corrected chi connectivity index (χ1v) is 16.8. The van der Waals surface area contributed by atoms with Crippen molar-refractivity contribution in [1.82, 2.24) is 9.55 Å². The number of benzene rings is 6. The van der Waals surface area contributed by atoms with Gasteiger partial charge in [0.15, 0.2) is 0 Å². The number of rotatable bonds is 3. The van der Waals surface area contributed by atoms with E-state index in [1.54, 1.807) is 0 Å². The van der Waals surface area contributed by atoms with Gasteiger partial charge >= 0.3 is 0 Å². The highest BCUT2D eigenvalue weighted by Gasteiger charge is 2.19. The lowest BCUT2D eigenvalue weighted by molar-refractivity contribution is 1.09. The van der Waals surface area contributed by atoms with Crippen molar-refractivity contribution in [1.29, 1.82) is 0 Å². The number of fused-ring (bicyclic) bond motifs is 9. The van der Waals surface area contributed by atoms with Gasteiger partial charge < -0.3 is 0 Å². The molecular formula is C41H24N2S2. The van der Waals surface area contributed by atoms with Crippen LogP contribution in [0.2, 0.25) is 0 Å². The molecule has 0 atom stereocenters. The van der Waals surface area contributed by atoms with Crippen LogP contribution in [0.1, 0.15) is 0 Å². The summed E-state index contributed by atoms with van der Waals surface area (Å²) in [5.41, 5.74) is 6.82. The molecule has 4 aromatic heterocycles. The third kappa shape index (κ3) is 3.77. The average molecular weight is 609 g/mol. The van der Waals surface area contributed by atoms with E-state index in [-0.39, 0.29) is 0 Å². The minimum atomic E-state index is 0.926. The van der Waals surface area contributed by atoms with Crippen LogP contribution in [-0.4, -0.2) is 9.55 Å². The summed E-state index contributed by atoms with van der Waals surface area (Å²) in [5.74, 6) is 0.926. The molecular weight excluding hydrogens is 585 g/mol.